The lowest BCUT2D eigenvalue weighted by molar-refractivity contribution is 0.421. The van der Waals surface area contributed by atoms with Crippen molar-refractivity contribution in [2.24, 2.45) is 0 Å². The Hall–Kier alpha value is -0.760. The van der Waals surface area contributed by atoms with Crippen molar-refractivity contribution in [1.29, 1.82) is 0 Å². The SMILES string of the molecule is CCN(C=Cc1cccs1)CC. The van der Waals surface area contributed by atoms with Gasteiger partial charge < -0.3 is 4.90 Å². The van der Waals surface area contributed by atoms with Crippen LogP contribution in [0.15, 0.2) is 23.7 Å². The fraction of sp³-hybridized carbons (Fsp3) is 0.400. The summed E-state index contributed by atoms with van der Waals surface area (Å²) in [7, 11) is 0. The molecule has 66 valence electrons. The molecule has 1 rings (SSSR count). The Labute approximate surface area is 78.3 Å². The van der Waals surface area contributed by atoms with Gasteiger partial charge >= 0.3 is 0 Å². The Morgan fingerprint density at radius 3 is 2.67 bits per heavy atom. The van der Waals surface area contributed by atoms with Crippen molar-refractivity contribution >= 4 is 17.4 Å². The zero-order valence-corrected chi connectivity index (χ0v) is 8.47. The van der Waals surface area contributed by atoms with Crippen molar-refractivity contribution in [2.75, 3.05) is 13.1 Å². The monoisotopic (exact) mass is 181 g/mol. The maximum atomic E-state index is 2.28. The first-order chi connectivity index (χ1) is 5.86. The number of rotatable bonds is 4. The molecule has 0 aromatic carbocycles. The minimum Gasteiger partial charge on any atom is -0.378 e. The first kappa shape index (κ1) is 9.33. The molecule has 0 aliphatic carbocycles. The molecule has 1 aromatic heterocycles. The van der Waals surface area contributed by atoms with Gasteiger partial charge in [0.1, 0.15) is 0 Å². The predicted molar refractivity (Wildman–Crippen MR) is 56.3 cm³/mol. The zero-order chi connectivity index (χ0) is 8.81. The maximum Gasteiger partial charge on any atom is 0.0284 e. The van der Waals surface area contributed by atoms with Gasteiger partial charge in [0.05, 0.1) is 0 Å². The van der Waals surface area contributed by atoms with Gasteiger partial charge in [0, 0.05) is 24.2 Å². The lowest BCUT2D eigenvalue weighted by Crippen LogP contribution is -2.14. The lowest BCUT2D eigenvalue weighted by Gasteiger charge is -2.13. The second kappa shape index (κ2) is 4.99. The van der Waals surface area contributed by atoms with Crippen LogP contribution in [0, 0.1) is 0 Å². The Morgan fingerprint density at radius 1 is 1.42 bits per heavy atom. The van der Waals surface area contributed by atoms with Crippen LogP contribution in [0.2, 0.25) is 0 Å². The standard InChI is InChI=1S/C10H15NS/c1-3-11(4-2)8-7-10-6-5-9-12-10/h5-9H,3-4H2,1-2H3. The van der Waals surface area contributed by atoms with E-state index in [2.05, 4.69) is 48.5 Å². The van der Waals surface area contributed by atoms with Gasteiger partial charge in [-0.3, -0.25) is 0 Å². The Morgan fingerprint density at radius 2 is 2.17 bits per heavy atom. The van der Waals surface area contributed by atoms with Gasteiger partial charge in [0.15, 0.2) is 0 Å². The van der Waals surface area contributed by atoms with E-state index in [1.165, 1.54) is 4.88 Å². The lowest BCUT2D eigenvalue weighted by atomic mass is 10.4. The highest BCUT2D eigenvalue weighted by molar-refractivity contribution is 7.10. The Kier molecular flexibility index (Phi) is 3.88. The van der Waals surface area contributed by atoms with Crippen LogP contribution in [0.25, 0.3) is 6.08 Å². The molecule has 0 unspecified atom stereocenters. The van der Waals surface area contributed by atoms with Crippen molar-refractivity contribution < 1.29 is 0 Å². The predicted octanol–water partition coefficient (Wildman–Crippen LogP) is 3.06. The average molecular weight is 181 g/mol. The molecule has 0 bridgehead atoms. The van der Waals surface area contributed by atoms with E-state index in [0.717, 1.165) is 13.1 Å². The topological polar surface area (TPSA) is 3.24 Å². The van der Waals surface area contributed by atoms with E-state index in [4.69, 9.17) is 0 Å². The number of hydrogen-bond acceptors (Lipinski definition) is 2. The van der Waals surface area contributed by atoms with Crippen molar-refractivity contribution in [3.8, 4) is 0 Å². The molecule has 1 nitrogen and oxygen atoms in total. The summed E-state index contributed by atoms with van der Waals surface area (Å²) < 4.78 is 0. The summed E-state index contributed by atoms with van der Waals surface area (Å²) in [4.78, 5) is 3.60. The maximum absolute atomic E-state index is 2.28. The van der Waals surface area contributed by atoms with Gasteiger partial charge in [0.2, 0.25) is 0 Å². The molecule has 0 radical (unpaired) electrons. The third-order valence-electron chi connectivity index (χ3n) is 1.81. The van der Waals surface area contributed by atoms with E-state index in [0.29, 0.717) is 0 Å². The van der Waals surface area contributed by atoms with Crippen LogP contribution in [-0.4, -0.2) is 18.0 Å². The van der Waals surface area contributed by atoms with Crippen LogP contribution in [0.1, 0.15) is 18.7 Å². The number of hydrogen-bond donors (Lipinski definition) is 0. The molecule has 0 saturated heterocycles. The largest absolute Gasteiger partial charge is 0.378 e. The highest BCUT2D eigenvalue weighted by atomic mass is 32.1. The summed E-state index contributed by atoms with van der Waals surface area (Å²) >= 11 is 1.77. The molecule has 1 aromatic rings. The normalized spacial score (nSPS) is 10.8. The molecule has 0 saturated carbocycles. The zero-order valence-electron chi connectivity index (χ0n) is 7.66. The molecule has 0 aliphatic heterocycles. The van der Waals surface area contributed by atoms with Crippen LogP contribution in [0.4, 0.5) is 0 Å². The van der Waals surface area contributed by atoms with Crippen molar-refractivity contribution in [2.45, 2.75) is 13.8 Å². The summed E-state index contributed by atoms with van der Waals surface area (Å²) in [5, 5.41) is 2.10. The van der Waals surface area contributed by atoms with Crippen molar-refractivity contribution in [3.05, 3.63) is 28.6 Å². The number of nitrogens with zero attached hydrogens (tertiary/aromatic N) is 1. The second-order valence-electron chi connectivity index (χ2n) is 2.55. The Bertz CT molecular complexity index is 222. The van der Waals surface area contributed by atoms with E-state index in [1.54, 1.807) is 11.3 Å². The molecular weight excluding hydrogens is 166 g/mol. The smallest absolute Gasteiger partial charge is 0.0284 e. The quantitative estimate of drug-likeness (QED) is 0.690. The highest BCUT2D eigenvalue weighted by Crippen LogP contribution is 2.10. The second-order valence-corrected chi connectivity index (χ2v) is 3.53. The van der Waals surface area contributed by atoms with Crippen molar-refractivity contribution in [1.82, 2.24) is 4.90 Å². The molecule has 0 amide bonds. The van der Waals surface area contributed by atoms with Crippen LogP contribution in [0.5, 0.6) is 0 Å². The summed E-state index contributed by atoms with van der Waals surface area (Å²) in [5.74, 6) is 0. The minimum atomic E-state index is 1.08. The number of thiophene rings is 1. The molecule has 0 aliphatic rings. The van der Waals surface area contributed by atoms with Gasteiger partial charge in [-0.05, 0) is 31.4 Å². The van der Waals surface area contributed by atoms with E-state index < -0.39 is 0 Å². The average Bonchev–Trinajstić information content (AvgIpc) is 2.59. The van der Waals surface area contributed by atoms with E-state index in [1.807, 2.05) is 0 Å². The molecular formula is C10H15NS. The molecule has 2 heteroatoms. The highest BCUT2D eigenvalue weighted by Gasteiger charge is 1.90. The van der Waals surface area contributed by atoms with Gasteiger partial charge in [0.25, 0.3) is 0 Å². The first-order valence-corrected chi connectivity index (χ1v) is 5.20. The summed E-state index contributed by atoms with van der Waals surface area (Å²) in [6.07, 6.45) is 4.32. The van der Waals surface area contributed by atoms with Crippen LogP contribution >= 0.6 is 11.3 Å². The third kappa shape index (κ3) is 2.70. The first-order valence-electron chi connectivity index (χ1n) is 4.32. The van der Waals surface area contributed by atoms with Crippen LogP contribution in [-0.2, 0) is 0 Å². The molecule has 0 fully saturated rings. The third-order valence-corrected chi connectivity index (χ3v) is 2.64. The van der Waals surface area contributed by atoms with Crippen LogP contribution < -0.4 is 0 Å². The molecule has 12 heavy (non-hydrogen) atoms. The molecule has 0 atom stereocenters. The minimum absolute atomic E-state index is 1.08. The van der Waals surface area contributed by atoms with Gasteiger partial charge in [-0.1, -0.05) is 6.07 Å². The van der Waals surface area contributed by atoms with Gasteiger partial charge in [-0.25, -0.2) is 0 Å². The van der Waals surface area contributed by atoms with Crippen LogP contribution in [0.3, 0.4) is 0 Å². The molecule has 0 N–H and O–H groups in total. The summed E-state index contributed by atoms with van der Waals surface area (Å²) in [5.41, 5.74) is 0. The van der Waals surface area contributed by atoms with Gasteiger partial charge in [-0.2, -0.15) is 0 Å². The van der Waals surface area contributed by atoms with E-state index in [9.17, 15) is 0 Å². The summed E-state index contributed by atoms with van der Waals surface area (Å²) in [6, 6.07) is 4.21. The van der Waals surface area contributed by atoms with E-state index in [-0.39, 0.29) is 0 Å². The van der Waals surface area contributed by atoms with Gasteiger partial charge in [-0.15, -0.1) is 11.3 Å². The van der Waals surface area contributed by atoms with Crippen molar-refractivity contribution in [3.63, 3.8) is 0 Å². The summed E-state index contributed by atoms with van der Waals surface area (Å²) in [6.45, 7) is 6.50. The molecule has 0 spiro atoms. The van der Waals surface area contributed by atoms with E-state index >= 15 is 0 Å². The molecule has 1 heterocycles. The fourth-order valence-electron chi connectivity index (χ4n) is 0.999. The Balaban J connectivity index is 2.49. The fourth-order valence-corrected chi connectivity index (χ4v) is 1.61.